The van der Waals surface area contributed by atoms with E-state index in [0.29, 0.717) is 0 Å². The van der Waals surface area contributed by atoms with Gasteiger partial charge in [0.1, 0.15) is 12.4 Å². The highest BCUT2D eigenvalue weighted by Gasteiger charge is 2.24. The maximum absolute atomic E-state index is 11.3. The van der Waals surface area contributed by atoms with Crippen LogP contribution in [0.25, 0.3) is 0 Å². The second kappa shape index (κ2) is 5.36. The van der Waals surface area contributed by atoms with Gasteiger partial charge in [0.15, 0.2) is 0 Å². The van der Waals surface area contributed by atoms with Gasteiger partial charge in [-0.15, -0.1) is 0 Å². The van der Waals surface area contributed by atoms with Crippen molar-refractivity contribution in [2.24, 2.45) is 15.7 Å². The molecule has 7 heteroatoms. The molecule has 0 aromatic carbocycles. The van der Waals surface area contributed by atoms with E-state index in [1.807, 2.05) is 0 Å². The summed E-state index contributed by atoms with van der Waals surface area (Å²) in [6, 6.07) is -2.03. The Kier molecular flexibility index (Phi) is 4.12. The molecule has 88 valence electrons. The second-order valence-corrected chi connectivity index (χ2v) is 3.55. The van der Waals surface area contributed by atoms with Crippen LogP contribution in [0.2, 0.25) is 0 Å². The minimum atomic E-state index is -1.11. The molecule has 1 heterocycles. The first kappa shape index (κ1) is 12.3. The maximum Gasteiger partial charge on any atom is 0.326 e. The molecule has 3 atom stereocenters. The van der Waals surface area contributed by atoms with Crippen LogP contribution in [0, 0.1) is 0 Å². The summed E-state index contributed by atoms with van der Waals surface area (Å²) < 4.78 is 0. The van der Waals surface area contributed by atoms with Gasteiger partial charge in [-0.05, 0) is 6.92 Å². The molecule has 7 nitrogen and oxygen atoms in total. The van der Waals surface area contributed by atoms with Crippen LogP contribution in [-0.2, 0) is 9.59 Å². The van der Waals surface area contributed by atoms with E-state index in [9.17, 15) is 9.59 Å². The third-order valence-corrected chi connectivity index (χ3v) is 2.09. The van der Waals surface area contributed by atoms with Crippen LogP contribution in [-0.4, -0.2) is 47.7 Å². The number of aliphatic imine (C=N–C) groups is 2. The summed E-state index contributed by atoms with van der Waals surface area (Å²) in [5.41, 5.74) is 5.33. The number of carboxylic acid groups (broad SMARTS) is 1. The highest BCUT2D eigenvalue weighted by Crippen LogP contribution is 2.04. The average molecular weight is 226 g/mol. The Morgan fingerprint density at radius 3 is 2.75 bits per heavy atom. The summed E-state index contributed by atoms with van der Waals surface area (Å²) in [7, 11) is 0. The van der Waals surface area contributed by atoms with Gasteiger partial charge < -0.3 is 16.2 Å². The first-order chi connectivity index (χ1) is 7.50. The number of nitrogens with one attached hydrogen (secondary N) is 1. The van der Waals surface area contributed by atoms with Crippen LogP contribution < -0.4 is 11.1 Å². The van der Waals surface area contributed by atoms with Crippen LogP contribution in [0.3, 0.4) is 0 Å². The average Bonchev–Trinajstić information content (AvgIpc) is 2.68. The smallest absolute Gasteiger partial charge is 0.326 e. The number of nitrogens with zero attached hydrogens (tertiary/aromatic N) is 2. The van der Waals surface area contributed by atoms with E-state index in [-0.39, 0.29) is 12.5 Å². The van der Waals surface area contributed by atoms with Crippen LogP contribution in [0.5, 0.6) is 0 Å². The largest absolute Gasteiger partial charge is 0.480 e. The van der Waals surface area contributed by atoms with Crippen molar-refractivity contribution in [1.82, 2.24) is 5.32 Å². The van der Waals surface area contributed by atoms with Crippen molar-refractivity contribution in [3.63, 3.8) is 0 Å². The number of amides is 1. The minimum Gasteiger partial charge on any atom is -0.480 e. The molecule has 16 heavy (non-hydrogen) atoms. The number of carboxylic acids is 1. The molecule has 0 saturated heterocycles. The van der Waals surface area contributed by atoms with Gasteiger partial charge in [0, 0.05) is 12.6 Å². The van der Waals surface area contributed by atoms with Gasteiger partial charge in [0.2, 0.25) is 5.91 Å². The van der Waals surface area contributed by atoms with Crippen molar-refractivity contribution in [1.29, 1.82) is 0 Å². The number of carbonyl (C=O) groups is 2. The van der Waals surface area contributed by atoms with E-state index in [1.165, 1.54) is 19.5 Å². The predicted molar refractivity (Wildman–Crippen MR) is 58.6 cm³/mol. The molecule has 0 bridgehead atoms. The molecule has 1 aliphatic heterocycles. The Labute approximate surface area is 92.5 Å². The lowest BCUT2D eigenvalue weighted by molar-refractivity contribution is -0.142. The SMILES string of the molecule is CC(N)C(=O)NC(CC1C=NC=N1)C(=O)O. The fraction of sp³-hybridized carbons (Fsp3) is 0.556. The number of hydrogen-bond acceptors (Lipinski definition) is 5. The van der Waals surface area contributed by atoms with Crippen molar-refractivity contribution in [2.45, 2.75) is 31.5 Å². The number of aliphatic carboxylic acids is 1. The van der Waals surface area contributed by atoms with Crippen molar-refractivity contribution in [2.75, 3.05) is 0 Å². The molecular weight excluding hydrogens is 212 g/mol. The lowest BCUT2D eigenvalue weighted by Gasteiger charge is -2.16. The molecule has 1 rings (SSSR count). The number of rotatable bonds is 5. The number of hydrogen-bond donors (Lipinski definition) is 3. The van der Waals surface area contributed by atoms with Gasteiger partial charge in [0.05, 0.1) is 12.1 Å². The van der Waals surface area contributed by atoms with Crippen molar-refractivity contribution >= 4 is 24.4 Å². The molecule has 0 spiro atoms. The Balaban J connectivity index is 2.54. The third-order valence-electron chi connectivity index (χ3n) is 2.09. The molecule has 4 N–H and O–H groups in total. The minimum absolute atomic E-state index is 0.174. The van der Waals surface area contributed by atoms with E-state index < -0.39 is 24.0 Å². The summed E-state index contributed by atoms with van der Waals surface area (Å²) >= 11 is 0. The highest BCUT2D eigenvalue weighted by molar-refractivity contribution is 5.87. The Bertz CT molecular complexity index is 326. The topological polar surface area (TPSA) is 117 Å². The zero-order valence-corrected chi connectivity index (χ0v) is 8.83. The van der Waals surface area contributed by atoms with Crippen molar-refractivity contribution < 1.29 is 14.7 Å². The lowest BCUT2D eigenvalue weighted by Crippen LogP contribution is -2.48. The molecule has 0 aliphatic carbocycles. The molecule has 3 unspecified atom stereocenters. The van der Waals surface area contributed by atoms with Gasteiger partial charge in [0.25, 0.3) is 0 Å². The van der Waals surface area contributed by atoms with Crippen LogP contribution in [0.1, 0.15) is 13.3 Å². The van der Waals surface area contributed by atoms with Gasteiger partial charge in [-0.25, -0.2) is 9.79 Å². The first-order valence-electron chi connectivity index (χ1n) is 4.84. The van der Waals surface area contributed by atoms with Crippen molar-refractivity contribution in [3.05, 3.63) is 0 Å². The van der Waals surface area contributed by atoms with Crippen LogP contribution in [0.4, 0.5) is 0 Å². The Hall–Kier alpha value is -1.76. The highest BCUT2D eigenvalue weighted by atomic mass is 16.4. The molecular formula is C9H14N4O3. The first-order valence-corrected chi connectivity index (χ1v) is 4.84. The molecule has 0 aromatic rings. The van der Waals surface area contributed by atoms with E-state index >= 15 is 0 Å². The Morgan fingerprint density at radius 1 is 1.62 bits per heavy atom. The van der Waals surface area contributed by atoms with Gasteiger partial charge >= 0.3 is 5.97 Å². The normalized spacial score (nSPS) is 21.8. The standard InChI is InChI=1S/C9H14N4O3/c1-5(10)8(14)13-7(9(15)16)2-6-3-11-4-12-6/h3-7H,2,10H2,1H3,(H,13,14)(H,15,16). The van der Waals surface area contributed by atoms with E-state index in [4.69, 9.17) is 10.8 Å². The van der Waals surface area contributed by atoms with E-state index in [1.54, 1.807) is 0 Å². The summed E-state index contributed by atoms with van der Waals surface area (Å²) in [6.45, 7) is 1.49. The maximum atomic E-state index is 11.3. The zero-order chi connectivity index (χ0) is 12.1. The molecule has 0 saturated carbocycles. The number of carbonyl (C=O) groups excluding carboxylic acids is 1. The molecule has 1 aliphatic rings. The monoisotopic (exact) mass is 226 g/mol. The van der Waals surface area contributed by atoms with Crippen molar-refractivity contribution in [3.8, 4) is 0 Å². The van der Waals surface area contributed by atoms with Gasteiger partial charge in [-0.3, -0.25) is 9.79 Å². The van der Waals surface area contributed by atoms with Gasteiger partial charge in [-0.2, -0.15) is 0 Å². The molecule has 0 aromatic heterocycles. The Morgan fingerprint density at radius 2 is 2.31 bits per heavy atom. The summed E-state index contributed by atoms with van der Waals surface area (Å²) in [5, 5.41) is 11.3. The van der Waals surface area contributed by atoms with Crippen LogP contribution in [0.15, 0.2) is 9.98 Å². The molecule has 0 radical (unpaired) electrons. The zero-order valence-electron chi connectivity index (χ0n) is 8.83. The molecule has 0 fully saturated rings. The molecule has 1 amide bonds. The van der Waals surface area contributed by atoms with E-state index in [0.717, 1.165) is 0 Å². The van der Waals surface area contributed by atoms with Gasteiger partial charge in [-0.1, -0.05) is 0 Å². The third kappa shape index (κ3) is 3.43. The summed E-state index contributed by atoms with van der Waals surface area (Å²) in [4.78, 5) is 29.8. The lowest BCUT2D eigenvalue weighted by atomic mass is 10.1. The fourth-order valence-corrected chi connectivity index (χ4v) is 1.19. The second-order valence-electron chi connectivity index (χ2n) is 3.55. The number of nitrogens with two attached hydrogens (primary N) is 1. The fourth-order valence-electron chi connectivity index (χ4n) is 1.19. The quantitative estimate of drug-likeness (QED) is 0.544. The van der Waals surface area contributed by atoms with Crippen LogP contribution >= 0.6 is 0 Å². The predicted octanol–water partition coefficient (Wildman–Crippen LogP) is -1.23. The summed E-state index contributed by atoms with van der Waals surface area (Å²) in [6.07, 6.45) is 3.07. The van der Waals surface area contributed by atoms with E-state index in [2.05, 4.69) is 15.3 Å². The summed E-state index contributed by atoms with van der Waals surface area (Å²) in [5.74, 6) is -1.60.